The average molecular weight is 231 g/mol. The number of carbonyl (C=O) groups excluding carboxylic acids is 1. The molecule has 0 saturated carbocycles. The number of hydrogen-bond acceptors (Lipinski definition) is 3. The number of amides is 1. The van der Waals surface area contributed by atoms with Crippen LogP contribution in [-0.4, -0.2) is 28.9 Å². The van der Waals surface area contributed by atoms with Crippen LogP contribution in [0.1, 0.15) is 35.1 Å². The number of aryl methyl sites for hydroxylation is 2. The van der Waals surface area contributed by atoms with Crippen molar-refractivity contribution in [1.82, 2.24) is 9.88 Å². The van der Waals surface area contributed by atoms with E-state index in [1.165, 1.54) is 0 Å². The van der Waals surface area contributed by atoms with Crippen LogP contribution in [0.25, 0.3) is 0 Å². The van der Waals surface area contributed by atoms with E-state index in [1.807, 2.05) is 26.8 Å². The maximum absolute atomic E-state index is 12.2. The van der Waals surface area contributed by atoms with E-state index in [9.17, 15) is 4.79 Å². The number of rotatable bonds is 3. The third-order valence-electron chi connectivity index (χ3n) is 2.82. The van der Waals surface area contributed by atoms with Crippen molar-refractivity contribution in [2.24, 2.45) is 0 Å². The van der Waals surface area contributed by atoms with E-state index in [2.05, 4.69) is 11.1 Å². The Morgan fingerprint density at radius 3 is 2.71 bits per heavy atom. The van der Waals surface area contributed by atoms with Gasteiger partial charge in [0.1, 0.15) is 0 Å². The van der Waals surface area contributed by atoms with Crippen molar-refractivity contribution in [3.8, 4) is 6.07 Å². The van der Waals surface area contributed by atoms with Gasteiger partial charge in [0.05, 0.1) is 23.7 Å². The summed E-state index contributed by atoms with van der Waals surface area (Å²) in [5.41, 5.74) is 2.22. The second-order valence-corrected chi connectivity index (χ2v) is 4.21. The van der Waals surface area contributed by atoms with Crippen molar-refractivity contribution in [3.05, 3.63) is 29.1 Å². The summed E-state index contributed by atoms with van der Waals surface area (Å²) in [4.78, 5) is 18.0. The van der Waals surface area contributed by atoms with Crippen molar-refractivity contribution >= 4 is 5.91 Å². The SMILES string of the molecule is Cc1ccc(C(=O)N(C)C(C)CC#N)c(C)n1. The lowest BCUT2D eigenvalue weighted by molar-refractivity contribution is 0.0745. The Bertz CT molecular complexity index is 462. The molecule has 0 N–H and O–H groups in total. The van der Waals surface area contributed by atoms with E-state index >= 15 is 0 Å². The normalized spacial score (nSPS) is 11.7. The van der Waals surface area contributed by atoms with Crippen LogP contribution in [0.3, 0.4) is 0 Å². The largest absolute Gasteiger partial charge is 0.338 e. The minimum Gasteiger partial charge on any atom is -0.338 e. The van der Waals surface area contributed by atoms with Crippen LogP contribution >= 0.6 is 0 Å². The molecule has 1 unspecified atom stereocenters. The fraction of sp³-hybridized carbons (Fsp3) is 0.462. The topological polar surface area (TPSA) is 57.0 Å². The Balaban J connectivity index is 2.93. The molecule has 0 saturated heterocycles. The highest BCUT2D eigenvalue weighted by Gasteiger charge is 2.19. The molecule has 1 aromatic heterocycles. The summed E-state index contributed by atoms with van der Waals surface area (Å²) in [7, 11) is 1.71. The highest BCUT2D eigenvalue weighted by atomic mass is 16.2. The van der Waals surface area contributed by atoms with Crippen molar-refractivity contribution in [3.63, 3.8) is 0 Å². The Hall–Kier alpha value is -1.89. The molecule has 0 radical (unpaired) electrons. The molecular weight excluding hydrogens is 214 g/mol. The van der Waals surface area contributed by atoms with Gasteiger partial charge < -0.3 is 4.90 Å². The van der Waals surface area contributed by atoms with Gasteiger partial charge in [0.25, 0.3) is 5.91 Å². The third kappa shape index (κ3) is 3.04. The molecule has 0 fully saturated rings. The molecule has 4 heteroatoms. The van der Waals surface area contributed by atoms with Gasteiger partial charge in [-0.25, -0.2) is 0 Å². The first-order chi connectivity index (χ1) is 7.97. The van der Waals surface area contributed by atoms with Crippen LogP contribution in [-0.2, 0) is 0 Å². The summed E-state index contributed by atoms with van der Waals surface area (Å²) in [6, 6.07) is 5.59. The molecule has 0 aromatic carbocycles. The Labute approximate surface area is 102 Å². The lowest BCUT2D eigenvalue weighted by Gasteiger charge is -2.23. The standard InChI is InChI=1S/C13H17N3O/c1-9-5-6-12(11(3)15-9)13(17)16(4)10(2)7-8-14/h5-6,10H,7H2,1-4H3. The zero-order valence-corrected chi connectivity index (χ0v) is 10.7. The molecule has 1 heterocycles. The quantitative estimate of drug-likeness (QED) is 0.800. The Morgan fingerprint density at radius 1 is 1.53 bits per heavy atom. The van der Waals surface area contributed by atoms with Gasteiger partial charge in [-0.3, -0.25) is 9.78 Å². The number of aromatic nitrogens is 1. The van der Waals surface area contributed by atoms with Crippen LogP contribution in [0.4, 0.5) is 0 Å². The summed E-state index contributed by atoms with van der Waals surface area (Å²) in [6.45, 7) is 5.57. The first-order valence-electron chi connectivity index (χ1n) is 5.55. The molecule has 1 aromatic rings. The average Bonchev–Trinajstić information content (AvgIpc) is 2.27. The van der Waals surface area contributed by atoms with Crippen molar-refractivity contribution in [2.75, 3.05) is 7.05 Å². The fourth-order valence-corrected chi connectivity index (χ4v) is 1.57. The van der Waals surface area contributed by atoms with Crippen LogP contribution in [0.2, 0.25) is 0 Å². The zero-order valence-electron chi connectivity index (χ0n) is 10.7. The molecule has 17 heavy (non-hydrogen) atoms. The van der Waals surface area contributed by atoms with Crippen molar-refractivity contribution in [2.45, 2.75) is 33.2 Å². The molecule has 1 atom stereocenters. The predicted molar refractivity (Wildman–Crippen MR) is 65.5 cm³/mol. The number of nitriles is 1. The monoisotopic (exact) mass is 231 g/mol. The fourth-order valence-electron chi connectivity index (χ4n) is 1.57. The maximum Gasteiger partial charge on any atom is 0.255 e. The predicted octanol–water partition coefficient (Wildman–Crippen LogP) is 2.07. The first-order valence-corrected chi connectivity index (χ1v) is 5.55. The molecular formula is C13H17N3O. The number of nitrogens with zero attached hydrogens (tertiary/aromatic N) is 3. The zero-order chi connectivity index (χ0) is 13.0. The smallest absolute Gasteiger partial charge is 0.255 e. The molecule has 4 nitrogen and oxygen atoms in total. The molecule has 0 aliphatic rings. The van der Waals surface area contributed by atoms with Gasteiger partial charge in [0, 0.05) is 18.8 Å². The third-order valence-corrected chi connectivity index (χ3v) is 2.82. The van der Waals surface area contributed by atoms with Crippen LogP contribution < -0.4 is 0 Å². The highest BCUT2D eigenvalue weighted by molar-refractivity contribution is 5.95. The minimum atomic E-state index is -0.0896. The second-order valence-electron chi connectivity index (χ2n) is 4.21. The van der Waals surface area contributed by atoms with Crippen LogP contribution in [0, 0.1) is 25.2 Å². The lowest BCUT2D eigenvalue weighted by Crippen LogP contribution is -2.35. The van der Waals surface area contributed by atoms with Crippen molar-refractivity contribution in [1.29, 1.82) is 5.26 Å². The Morgan fingerprint density at radius 2 is 2.18 bits per heavy atom. The minimum absolute atomic E-state index is 0.0854. The number of carbonyl (C=O) groups is 1. The van der Waals surface area contributed by atoms with E-state index < -0.39 is 0 Å². The van der Waals surface area contributed by atoms with Crippen molar-refractivity contribution < 1.29 is 4.79 Å². The molecule has 90 valence electrons. The summed E-state index contributed by atoms with van der Waals surface area (Å²) >= 11 is 0. The summed E-state index contributed by atoms with van der Waals surface area (Å²) in [6.07, 6.45) is 0.334. The molecule has 1 amide bonds. The van der Waals surface area contributed by atoms with E-state index in [1.54, 1.807) is 18.0 Å². The number of hydrogen-bond donors (Lipinski definition) is 0. The molecule has 0 aliphatic carbocycles. The molecule has 1 rings (SSSR count). The summed E-state index contributed by atoms with van der Waals surface area (Å²) < 4.78 is 0. The van der Waals surface area contributed by atoms with Gasteiger partial charge in [0.15, 0.2) is 0 Å². The van der Waals surface area contributed by atoms with Gasteiger partial charge >= 0.3 is 0 Å². The van der Waals surface area contributed by atoms with Gasteiger partial charge in [-0.1, -0.05) is 0 Å². The van der Waals surface area contributed by atoms with E-state index in [0.29, 0.717) is 12.0 Å². The van der Waals surface area contributed by atoms with E-state index in [0.717, 1.165) is 11.4 Å². The van der Waals surface area contributed by atoms with Gasteiger partial charge in [-0.15, -0.1) is 0 Å². The van der Waals surface area contributed by atoms with Crippen LogP contribution in [0.5, 0.6) is 0 Å². The molecule has 0 aliphatic heterocycles. The Kier molecular flexibility index (Phi) is 4.22. The second kappa shape index (κ2) is 5.44. The van der Waals surface area contributed by atoms with Gasteiger partial charge in [-0.05, 0) is 32.9 Å². The van der Waals surface area contributed by atoms with Crippen LogP contribution in [0.15, 0.2) is 12.1 Å². The highest BCUT2D eigenvalue weighted by Crippen LogP contribution is 2.12. The van der Waals surface area contributed by atoms with Gasteiger partial charge in [-0.2, -0.15) is 5.26 Å². The molecule has 0 bridgehead atoms. The van der Waals surface area contributed by atoms with Gasteiger partial charge in [0.2, 0.25) is 0 Å². The summed E-state index contributed by atoms with van der Waals surface area (Å²) in [5.74, 6) is -0.0854. The maximum atomic E-state index is 12.2. The van der Waals surface area contributed by atoms with E-state index in [4.69, 9.17) is 5.26 Å². The van der Waals surface area contributed by atoms with E-state index in [-0.39, 0.29) is 11.9 Å². The summed E-state index contributed by atoms with van der Waals surface area (Å²) in [5, 5.41) is 8.63. The lowest BCUT2D eigenvalue weighted by atomic mass is 10.1. The first kappa shape index (κ1) is 13.2. The molecule has 0 spiro atoms. The number of pyridine rings is 1.